The highest BCUT2D eigenvalue weighted by Gasteiger charge is 2.49. The Labute approximate surface area is 213 Å². The molecule has 2 N–H and O–H groups in total. The van der Waals surface area contributed by atoms with Crippen LogP contribution in [0.1, 0.15) is 41.8 Å². The summed E-state index contributed by atoms with van der Waals surface area (Å²) < 4.78 is 0. The summed E-state index contributed by atoms with van der Waals surface area (Å²) in [5.41, 5.74) is 2.14. The lowest BCUT2D eigenvalue weighted by molar-refractivity contribution is -0.136. The van der Waals surface area contributed by atoms with Crippen molar-refractivity contribution < 1.29 is 19.5 Å². The second kappa shape index (κ2) is 10.4. The molecule has 1 spiro atoms. The summed E-state index contributed by atoms with van der Waals surface area (Å²) in [6.07, 6.45) is 12.1. The van der Waals surface area contributed by atoms with Crippen molar-refractivity contribution in [2.24, 2.45) is 5.41 Å². The summed E-state index contributed by atoms with van der Waals surface area (Å²) in [5, 5.41) is 15.7. The van der Waals surface area contributed by atoms with Gasteiger partial charge in [0.2, 0.25) is 11.8 Å². The Bertz CT molecular complexity index is 1210. The molecule has 9 nitrogen and oxygen atoms in total. The molecule has 3 aliphatic rings. The highest BCUT2D eigenvalue weighted by atomic mass is 32.1. The average Bonchev–Trinajstić information content (AvgIpc) is 3.42. The number of aromatic nitrogens is 2. The van der Waals surface area contributed by atoms with E-state index in [0.29, 0.717) is 45.4 Å². The fourth-order valence-electron chi connectivity index (χ4n) is 5.23. The van der Waals surface area contributed by atoms with Gasteiger partial charge < -0.3 is 15.3 Å². The molecule has 188 valence electrons. The van der Waals surface area contributed by atoms with Crippen molar-refractivity contribution in [1.29, 1.82) is 0 Å². The third-order valence-corrected chi connectivity index (χ3v) is 7.94. The summed E-state index contributed by atoms with van der Waals surface area (Å²) in [6, 6.07) is 1.89. The van der Waals surface area contributed by atoms with Crippen molar-refractivity contribution in [3.63, 3.8) is 0 Å². The Morgan fingerprint density at radius 3 is 2.67 bits per heavy atom. The number of imide groups is 1. The zero-order valence-electron chi connectivity index (χ0n) is 20.0. The van der Waals surface area contributed by atoms with Crippen LogP contribution < -0.4 is 10.2 Å². The smallest absolute Gasteiger partial charge is 0.260 e. The molecule has 0 aromatic carbocycles. The number of hydrogen-bond donors (Lipinski definition) is 2. The van der Waals surface area contributed by atoms with Crippen LogP contribution in [0.25, 0.3) is 12.2 Å². The van der Waals surface area contributed by atoms with Gasteiger partial charge >= 0.3 is 0 Å². The molecule has 10 heteroatoms. The molecule has 3 amide bonds. The maximum absolute atomic E-state index is 13.3. The second-order valence-electron chi connectivity index (χ2n) is 9.48. The summed E-state index contributed by atoms with van der Waals surface area (Å²) in [6.45, 7) is 1.97. The molecule has 2 aromatic rings. The topological polar surface area (TPSA) is 116 Å². The SMILES string of the molecule is O=C(/C=C/c1cnc2c(c1)CC1(CCNCC1)C(=O)N2C(=O)CO)N1CCC(=Cc2nccs2)CC1. The number of aliphatic hydroxyl groups excluding tert-OH is 1. The number of fused-ring (bicyclic) bond motifs is 1. The molecule has 0 aliphatic carbocycles. The van der Waals surface area contributed by atoms with Gasteiger partial charge in [0.25, 0.3) is 5.91 Å². The van der Waals surface area contributed by atoms with Crippen LogP contribution in [0.2, 0.25) is 0 Å². The lowest BCUT2D eigenvalue weighted by atomic mass is 9.71. The van der Waals surface area contributed by atoms with Gasteiger partial charge in [-0.1, -0.05) is 5.57 Å². The van der Waals surface area contributed by atoms with E-state index >= 15 is 0 Å². The first-order valence-electron chi connectivity index (χ1n) is 12.2. The third kappa shape index (κ3) is 4.88. The Balaban J connectivity index is 1.30. The van der Waals surface area contributed by atoms with Gasteiger partial charge in [0, 0.05) is 36.9 Å². The van der Waals surface area contributed by atoms with Crippen LogP contribution >= 0.6 is 11.3 Å². The van der Waals surface area contributed by atoms with E-state index in [2.05, 4.69) is 21.4 Å². The number of nitrogens with one attached hydrogen (secondary N) is 1. The van der Waals surface area contributed by atoms with E-state index in [1.54, 1.807) is 35.9 Å². The normalized spacial score (nSPS) is 19.6. The molecule has 0 unspecified atom stereocenters. The summed E-state index contributed by atoms with van der Waals surface area (Å²) in [5.74, 6) is -0.724. The number of rotatable bonds is 4. The molecule has 5 rings (SSSR count). The predicted octanol–water partition coefficient (Wildman–Crippen LogP) is 2.04. The van der Waals surface area contributed by atoms with Gasteiger partial charge in [-0.2, -0.15) is 0 Å². The monoisotopic (exact) mass is 507 g/mol. The van der Waals surface area contributed by atoms with Crippen molar-refractivity contribution in [3.8, 4) is 0 Å². The van der Waals surface area contributed by atoms with E-state index in [1.807, 2.05) is 16.3 Å². The van der Waals surface area contributed by atoms with Gasteiger partial charge in [0.05, 0.1) is 5.41 Å². The van der Waals surface area contributed by atoms with Gasteiger partial charge in [-0.25, -0.2) is 14.9 Å². The number of thiazole rings is 1. The first-order valence-corrected chi connectivity index (χ1v) is 13.1. The van der Waals surface area contributed by atoms with Crippen molar-refractivity contribution in [1.82, 2.24) is 20.2 Å². The number of anilines is 1. The summed E-state index contributed by atoms with van der Waals surface area (Å²) >= 11 is 1.61. The minimum Gasteiger partial charge on any atom is -0.387 e. The number of carbonyl (C=O) groups is 3. The van der Waals surface area contributed by atoms with E-state index in [9.17, 15) is 19.5 Å². The fourth-order valence-corrected chi connectivity index (χ4v) is 5.85. The lowest BCUT2D eigenvalue weighted by Crippen LogP contribution is -2.56. The minimum absolute atomic E-state index is 0.0527. The Morgan fingerprint density at radius 1 is 1.19 bits per heavy atom. The fraction of sp³-hybridized carbons (Fsp3) is 0.423. The lowest BCUT2D eigenvalue weighted by Gasteiger charge is -2.43. The standard InChI is InChI=1S/C26H29N5O4S/c32-17-23(34)31-24-20(15-26(25(31)35)5-7-27-8-6-26)13-19(16-29-24)1-2-22(33)30-10-3-18(4-11-30)14-21-28-9-12-36-21/h1-2,9,12-14,16,27,32H,3-8,10-11,15,17H2/b2-1+. The number of nitrogens with zero attached hydrogens (tertiary/aromatic N) is 4. The maximum Gasteiger partial charge on any atom is 0.260 e. The predicted molar refractivity (Wildman–Crippen MR) is 137 cm³/mol. The molecule has 2 aromatic heterocycles. The largest absolute Gasteiger partial charge is 0.387 e. The zero-order valence-corrected chi connectivity index (χ0v) is 20.8. The van der Waals surface area contributed by atoms with Crippen LogP contribution in [0.4, 0.5) is 5.82 Å². The first kappa shape index (κ1) is 24.5. The number of carbonyl (C=O) groups excluding carboxylic acids is 3. The molecule has 36 heavy (non-hydrogen) atoms. The van der Waals surface area contributed by atoms with Gasteiger partial charge in [0.15, 0.2) is 0 Å². The molecule has 2 saturated heterocycles. The highest BCUT2D eigenvalue weighted by molar-refractivity contribution is 7.10. The van der Waals surface area contributed by atoms with Crippen LogP contribution in [0.5, 0.6) is 0 Å². The maximum atomic E-state index is 13.3. The second-order valence-corrected chi connectivity index (χ2v) is 10.4. The molecular weight excluding hydrogens is 478 g/mol. The van der Waals surface area contributed by atoms with E-state index in [-0.39, 0.29) is 17.6 Å². The van der Waals surface area contributed by atoms with Crippen molar-refractivity contribution in [2.75, 3.05) is 37.7 Å². The first-order chi connectivity index (χ1) is 17.5. The van der Waals surface area contributed by atoms with E-state index in [0.717, 1.165) is 33.9 Å². The molecule has 5 heterocycles. The van der Waals surface area contributed by atoms with Gasteiger partial charge in [-0.05, 0) is 74.5 Å². The van der Waals surface area contributed by atoms with E-state index in [1.165, 1.54) is 5.57 Å². The van der Waals surface area contributed by atoms with Gasteiger partial charge in [-0.15, -0.1) is 11.3 Å². The van der Waals surface area contributed by atoms with Gasteiger partial charge in [-0.3, -0.25) is 14.4 Å². The molecule has 0 saturated carbocycles. The van der Waals surface area contributed by atoms with Gasteiger partial charge in [0.1, 0.15) is 17.4 Å². The Hall–Kier alpha value is -3.21. The number of pyridine rings is 1. The highest BCUT2D eigenvalue weighted by Crippen LogP contribution is 2.42. The molecule has 0 bridgehead atoms. The molecule has 3 aliphatic heterocycles. The van der Waals surface area contributed by atoms with Crippen molar-refractivity contribution in [2.45, 2.75) is 32.1 Å². The van der Waals surface area contributed by atoms with Crippen LogP contribution in [-0.2, 0) is 20.8 Å². The van der Waals surface area contributed by atoms with Crippen LogP contribution in [0.15, 0.2) is 35.5 Å². The van der Waals surface area contributed by atoms with Crippen LogP contribution in [-0.4, -0.2) is 70.5 Å². The van der Waals surface area contributed by atoms with Crippen LogP contribution in [0.3, 0.4) is 0 Å². The zero-order chi connectivity index (χ0) is 25.1. The van der Waals surface area contributed by atoms with Crippen molar-refractivity contribution >= 4 is 47.0 Å². The quantitative estimate of drug-likeness (QED) is 0.609. The minimum atomic E-state index is -0.756. The molecular formula is C26H29N5O4S. The van der Waals surface area contributed by atoms with E-state index < -0.39 is 17.9 Å². The number of likely N-dealkylation sites (tertiary alicyclic amines) is 1. The number of aliphatic hydroxyl groups is 1. The Morgan fingerprint density at radius 2 is 1.97 bits per heavy atom. The van der Waals surface area contributed by atoms with Crippen molar-refractivity contribution in [3.05, 3.63) is 51.6 Å². The van der Waals surface area contributed by atoms with Crippen LogP contribution in [0, 0.1) is 5.41 Å². The Kier molecular flexibility index (Phi) is 7.08. The summed E-state index contributed by atoms with van der Waals surface area (Å²) in [4.78, 5) is 50.2. The average molecular weight is 508 g/mol. The molecule has 0 radical (unpaired) electrons. The summed E-state index contributed by atoms with van der Waals surface area (Å²) in [7, 11) is 0. The molecule has 0 atom stereocenters. The third-order valence-electron chi connectivity index (χ3n) is 7.22. The number of amides is 3. The number of hydrogen-bond acceptors (Lipinski definition) is 8. The molecule has 2 fully saturated rings. The van der Waals surface area contributed by atoms with E-state index in [4.69, 9.17) is 0 Å². The number of piperidine rings is 2.